The van der Waals surface area contributed by atoms with E-state index in [1.54, 1.807) is 13.8 Å². The monoisotopic (exact) mass is 1400 g/mol. The first-order valence-electron chi connectivity index (χ1n) is 34.6. The van der Waals surface area contributed by atoms with Gasteiger partial charge in [0.25, 0.3) is 0 Å². The molecule has 2 saturated heterocycles. The van der Waals surface area contributed by atoms with Gasteiger partial charge in [0.2, 0.25) is 25.4 Å². The fourth-order valence-electron chi connectivity index (χ4n) is 17.1. The van der Waals surface area contributed by atoms with Crippen LogP contribution in [0.1, 0.15) is 138 Å². The van der Waals surface area contributed by atoms with Crippen LogP contribution < -0.4 is 64.9 Å². The fraction of sp³-hybridized carbons (Fsp3) is 0.507. The van der Waals surface area contributed by atoms with E-state index >= 15 is 0 Å². The van der Waals surface area contributed by atoms with E-state index in [0.717, 1.165) is 44.5 Å². The number of piperazine rings is 2. The van der Waals surface area contributed by atoms with Crippen molar-refractivity contribution < 1.29 is 76.8 Å². The van der Waals surface area contributed by atoms with Crippen molar-refractivity contribution in [2.24, 2.45) is 11.7 Å². The van der Waals surface area contributed by atoms with Crippen molar-refractivity contribution in [1.29, 1.82) is 10.5 Å². The molecule has 0 aromatic heterocycles. The minimum absolute atomic E-state index is 0.00939. The molecule has 8 N–H and O–H groups in total. The van der Waals surface area contributed by atoms with Crippen molar-refractivity contribution in [2.45, 2.75) is 180 Å². The van der Waals surface area contributed by atoms with E-state index in [-0.39, 0.29) is 92.7 Å². The van der Waals surface area contributed by atoms with Crippen LogP contribution in [0.15, 0.2) is 42.5 Å². The van der Waals surface area contributed by atoms with E-state index in [9.17, 15) is 44.7 Å². The number of carbonyl (C=O) groups excluding carboxylic acids is 5. The third kappa shape index (κ3) is 12.7. The van der Waals surface area contributed by atoms with Crippen LogP contribution in [0.2, 0.25) is 0 Å². The Bertz CT molecular complexity index is 4250. The first kappa shape index (κ1) is 72.2. The summed E-state index contributed by atoms with van der Waals surface area (Å²) in [6.45, 7) is 18.0. The lowest BCUT2D eigenvalue weighted by atomic mass is 9.71. The maximum absolute atomic E-state index is 14.0. The van der Waals surface area contributed by atoms with Gasteiger partial charge in [-0.3, -0.25) is 38.8 Å². The van der Waals surface area contributed by atoms with Gasteiger partial charge in [0.1, 0.15) is 30.2 Å². The molecule has 5 aromatic carbocycles. The van der Waals surface area contributed by atoms with Gasteiger partial charge >= 0.3 is 18.0 Å². The summed E-state index contributed by atoms with van der Waals surface area (Å²) in [5.41, 5.74) is 15.9. The van der Waals surface area contributed by atoms with E-state index in [2.05, 4.69) is 53.0 Å². The number of alkyl carbamates (subject to hydrolysis) is 1. The van der Waals surface area contributed by atoms with E-state index in [1.165, 1.54) is 28.1 Å². The largest absolute Gasteiger partial charge is 0.504 e. The van der Waals surface area contributed by atoms with Crippen LogP contribution in [0.4, 0.5) is 4.79 Å². The smallest absolute Gasteiger partial charge is 0.407 e. The number of ether oxygens (including phenoxy) is 9. The van der Waals surface area contributed by atoms with Crippen LogP contribution in [0.25, 0.3) is 0 Å². The van der Waals surface area contributed by atoms with Gasteiger partial charge in [-0.05, 0) is 115 Å². The molecule has 5 aromatic rings. The second kappa shape index (κ2) is 29.0. The highest BCUT2D eigenvalue weighted by molar-refractivity contribution is 5.82. The number of carbonyl (C=O) groups is 5. The SMILES string of the molecule is COc1c(C)cc2c(c1O)[C@@H]1C3Cc4c(OC(C)=O)c(C)c5c(c4[C@H](CNC(=O)[C@H](C)N)N3[C@@H](C#N)[C@H](C2)N1C)OCO5.COc1c(C)cc2c(c1O)[C@@H]1C3Cc4c(OC(C)=O)c(C)c5c(c4[C@H](CNC(=O)[C@H](C)NC[C@@H](NC(=O)OCc4ccccc4)C(C)C)N3[C@@H](C#N)[C@H](C2)N1C)OCO5. The Kier molecular flexibility index (Phi) is 20.5. The lowest BCUT2D eigenvalue weighted by Crippen LogP contribution is -2.69. The lowest BCUT2D eigenvalue weighted by Gasteiger charge is -2.60. The Morgan fingerprint density at radius 1 is 0.627 bits per heavy atom. The number of phenolic OH excluding ortho intramolecular Hbond substituents is 2. The number of benzene rings is 5. The highest BCUT2D eigenvalue weighted by atomic mass is 16.7. The van der Waals surface area contributed by atoms with Crippen molar-refractivity contribution >= 4 is 29.8 Å². The summed E-state index contributed by atoms with van der Waals surface area (Å²) in [6.07, 6.45) is 1.21. The standard InChI is InChI=1S/C44H54N6O9.C31H37N5O7/c1-22(2)30(48-44(54)56-20-27-12-10-9-11-13-27)18-46-25(5)43(53)47-19-34-36-29(40(59-26(6)51)24(4)41-42(36)58-21-57-41)16-32-37-35-28(14-23(3)39(55-8)38(35)52)15-31(49(37)7)33(17-45)50(32)34;1-13-7-17-8-19-21(10-32)36-20(25(35(19)5)23(17)26(38)27(13)40-6)9-18-24(22(36)11-34-31(39)15(3)33)30-29(41-12-42-30)14(2)28(18)43-16(4)37/h9-14,22,25,30-34,37,46,52H,15-16,18-21H2,1-8H3,(H,47,53)(H,48,54);7,15,19-22,25,38H,8-9,11-12,33H2,1-6H3,(H,34,39)/t25-,30+,31-,32?,33-,34-,37-;15-,19-,20?,21-,22-,25-/m00/s1. The lowest BCUT2D eigenvalue weighted by molar-refractivity contribution is -0.133. The number of methoxy groups -OCH3 is 2. The number of nitrogens with two attached hydrogens (primary N) is 1. The van der Waals surface area contributed by atoms with Crippen molar-refractivity contribution in [2.75, 3.05) is 61.5 Å². The third-order valence-corrected chi connectivity index (χ3v) is 21.7. The van der Waals surface area contributed by atoms with Crippen molar-refractivity contribution in [3.05, 3.63) is 115 Å². The van der Waals surface area contributed by atoms with Crippen LogP contribution in [0, 0.1) is 56.3 Å². The van der Waals surface area contributed by atoms with Crippen molar-refractivity contribution in [1.82, 2.24) is 40.9 Å². The zero-order chi connectivity index (χ0) is 73.2. The number of rotatable bonds is 17. The minimum atomic E-state index is -0.739. The first-order chi connectivity index (χ1) is 48.7. The van der Waals surface area contributed by atoms with Gasteiger partial charge in [0, 0.05) is 108 Å². The quantitative estimate of drug-likeness (QED) is 0.0391. The number of nitriles is 2. The van der Waals surface area contributed by atoms with Crippen molar-refractivity contribution in [3.63, 3.8) is 0 Å². The maximum atomic E-state index is 14.0. The zero-order valence-corrected chi connectivity index (χ0v) is 60.1. The highest BCUT2D eigenvalue weighted by Gasteiger charge is 2.59. The summed E-state index contributed by atoms with van der Waals surface area (Å²) >= 11 is 0. The Morgan fingerprint density at radius 2 is 1.07 bits per heavy atom. The predicted molar refractivity (Wildman–Crippen MR) is 370 cm³/mol. The average Bonchev–Trinajstić information content (AvgIpc) is 0.960. The van der Waals surface area contributed by atoms with Gasteiger partial charge in [-0.25, -0.2) is 4.79 Å². The summed E-state index contributed by atoms with van der Waals surface area (Å²) < 4.78 is 52.5. The summed E-state index contributed by atoms with van der Waals surface area (Å²) in [6, 6.07) is 12.6. The number of aryl methyl sites for hydroxylation is 2. The Morgan fingerprint density at radius 3 is 1.48 bits per heavy atom. The van der Waals surface area contributed by atoms with Gasteiger partial charge in [-0.2, -0.15) is 10.5 Å². The predicted octanol–water partition coefficient (Wildman–Crippen LogP) is 6.39. The number of amides is 3. The molecule has 542 valence electrons. The Labute approximate surface area is 593 Å². The van der Waals surface area contributed by atoms with E-state index in [4.69, 9.17) is 48.4 Å². The molecule has 3 amide bonds. The highest BCUT2D eigenvalue weighted by Crippen LogP contribution is 2.61. The van der Waals surface area contributed by atoms with Crippen LogP contribution in [-0.4, -0.2) is 176 Å². The number of likely N-dealkylation sites (N-methyl/N-ethyl adjacent to an activating group) is 2. The van der Waals surface area contributed by atoms with E-state index in [0.29, 0.717) is 106 Å². The normalized spacial score (nSPS) is 24.0. The van der Waals surface area contributed by atoms with E-state index < -0.39 is 66.4 Å². The number of fused-ring (bicyclic) bond motifs is 18. The number of phenols is 2. The number of nitrogens with zero attached hydrogens (tertiary/aromatic N) is 6. The van der Waals surface area contributed by atoms with Crippen LogP contribution in [-0.2, 0) is 56.2 Å². The molecular formula is C75H91N11O16. The number of esters is 2. The van der Waals surface area contributed by atoms with Crippen LogP contribution in [0.3, 0.4) is 0 Å². The maximum Gasteiger partial charge on any atom is 0.407 e. The molecule has 8 heterocycles. The fourth-order valence-corrected chi connectivity index (χ4v) is 17.1. The second-order valence-electron chi connectivity index (χ2n) is 28.2. The van der Waals surface area contributed by atoms with Gasteiger partial charge in [0.05, 0.1) is 62.6 Å². The average molecular weight is 1400 g/mol. The van der Waals surface area contributed by atoms with Crippen LogP contribution in [0.5, 0.6) is 57.5 Å². The molecule has 0 spiro atoms. The molecule has 13 atom stereocenters. The molecule has 27 heteroatoms. The van der Waals surface area contributed by atoms with Crippen LogP contribution >= 0.6 is 0 Å². The number of nitrogens with one attached hydrogen (secondary N) is 4. The molecule has 4 bridgehead atoms. The van der Waals surface area contributed by atoms with Gasteiger partial charge in [0.15, 0.2) is 46.0 Å². The molecule has 13 rings (SSSR count). The second-order valence-corrected chi connectivity index (χ2v) is 28.2. The van der Waals surface area contributed by atoms with Gasteiger partial charge < -0.3 is 79.8 Å². The summed E-state index contributed by atoms with van der Waals surface area (Å²) in [5.74, 6) is 2.04. The van der Waals surface area contributed by atoms with Gasteiger partial charge in [-0.1, -0.05) is 56.3 Å². The molecule has 0 radical (unpaired) electrons. The summed E-state index contributed by atoms with van der Waals surface area (Å²) in [4.78, 5) is 73.1. The summed E-state index contributed by atoms with van der Waals surface area (Å²) in [7, 11) is 7.02. The zero-order valence-electron chi connectivity index (χ0n) is 60.1. The molecular weight excluding hydrogens is 1310 g/mol. The molecule has 0 aliphatic carbocycles. The molecule has 8 aliphatic heterocycles. The molecule has 0 saturated carbocycles. The number of hydrogen-bond acceptors (Lipinski definition) is 24. The Balaban J connectivity index is 0.000000202. The number of hydrogen-bond donors (Lipinski definition) is 7. The first-order valence-corrected chi connectivity index (χ1v) is 34.6. The molecule has 2 fully saturated rings. The third-order valence-electron chi connectivity index (χ3n) is 21.7. The molecule has 102 heavy (non-hydrogen) atoms. The molecule has 8 aliphatic rings. The number of aromatic hydroxyl groups is 2. The Hall–Kier alpha value is -9.61. The molecule has 27 nitrogen and oxygen atoms in total. The summed E-state index contributed by atoms with van der Waals surface area (Å²) in [5, 5.41) is 57.5. The van der Waals surface area contributed by atoms with E-state index in [1.807, 2.05) is 98.1 Å². The minimum Gasteiger partial charge on any atom is -0.504 e. The molecule has 2 unspecified atom stereocenters. The van der Waals surface area contributed by atoms with Gasteiger partial charge in [-0.15, -0.1) is 0 Å². The van der Waals surface area contributed by atoms with Crippen molar-refractivity contribution in [3.8, 4) is 69.6 Å². The topological polar surface area (TPSA) is 344 Å².